The molecule has 0 aromatic rings. The summed E-state index contributed by atoms with van der Waals surface area (Å²) in [6.07, 6.45) is -0.539. The Morgan fingerprint density at radius 3 is 2.69 bits per heavy atom. The van der Waals surface area contributed by atoms with Gasteiger partial charge in [0.15, 0.2) is 0 Å². The van der Waals surface area contributed by atoms with E-state index in [-0.39, 0.29) is 11.3 Å². The van der Waals surface area contributed by atoms with Crippen LogP contribution in [-0.2, 0) is 19.1 Å². The van der Waals surface area contributed by atoms with Crippen LogP contribution in [0.3, 0.4) is 0 Å². The predicted octanol–water partition coefficient (Wildman–Crippen LogP) is -0.422. The van der Waals surface area contributed by atoms with Gasteiger partial charge in [0, 0.05) is 7.05 Å². The summed E-state index contributed by atoms with van der Waals surface area (Å²) in [4.78, 5) is 22.3. The number of rotatable bonds is 2. The minimum absolute atomic E-state index is 0.180. The van der Waals surface area contributed by atoms with E-state index in [0.29, 0.717) is 0 Å². The fourth-order valence-corrected chi connectivity index (χ4v) is 1.21. The highest BCUT2D eigenvalue weighted by Gasteiger charge is 2.35. The van der Waals surface area contributed by atoms with Crippen LogP contribution in [0.25, 0.3) is 0 Å². The van der Waals surface area contributed by atoms with E-state index in [1.54, 1.807) is 14.0 Å². The molecule has 1 atom stereocenters. The molecule has 0 spiro atoms. The number of cyclic esters (lactones) is 1. The van der Waals surface area contributed by atoms with E-state index in [1.807, 2.05) is 0 Å². The van der Waals surface area contributed by atoms with Crippen molar-refractivity contribution in [2.45, 2.75) is 13.0 Å². The molecule has 1 aliphatic heterocycles. The fraction of sp³-hybridized carbons (Fsp3) is 0.500. The van der Waals surface area contributed by atoms with Gasteiger partial charge in [-0.05, 0) is 6.92 Å². The molecule has 0 aliphatic carbocycles. The lowest BCUT2D eigenvalue weighted by atomic mass is 10.1. The zero-order valence-corrected chi connectivity index (χ0v) is 7.71. The van der Waals surface area contributed by atoms with Crippen molar-refractivity contribution in [3.8, 4) is 0 Å². The largest absolute Gasteiger partial charge is 0.465 e. The van der Waals surface area contributed by atoms with Gasteiger partial charge < -0.3 is 14.8 Å². The molecule has 1 heterocycles. The van der Waals surface area contributed by atoms with E-state index in [0.717, 1.165) is 0 Å². The second-order valence-corrected chi connectivity index (χ2v) is 2.58. The molecule has 0 amide bonds. The van der Waals surface area contributed by atoms with E-state index in [4.69, 9.17) is 4.74 Å². The average molecular weight is 185 g/mol. The SMILES string of the molecule is CNC1=C(C(=O)OC)C(C)OC1=O. The smallest absolute Gasteiger partial charge is 0.355 e. The fourth-order valence-electron chi connectivity index (χ4n) is 1.21. The number of methoxy groups -OCH3 is 1. The van der Waals surface area contributed by atoms with Gasteiger partial charge in [-0.25, -0.2) is 9.59 Å². The summed E-state index contributed by atoms with van der Waals surface area (Å²) in [5, 5.41) is 2.61. The monoisotopic (exact) mass is 185 g/mol. The minimum Gasteiger partial charge on any atom is -0.465 e. The number of hydrogen-bond donors (Lipinski definition) is 1. The Bertz CT molecular complexity index is 282. The van der Waals surface area contributed by atoms with Crippen molar-refractivity contribution in [1.82, 2.24) is 5.32 Å². The highest BCUT2D eigenvalue weighted by molar-refractivity contribution is 6.03. The molecule has 1 rings (SSSR count). The summed E-state index contributed by atoms with van der Waals surface area (Å²) >= 11 is 0. The van der Waals surface area contributed by atoms with Crippen LogP contribution in [0.2, 0.25) is 0 Å². The first-order valence-electron chi connectivity index (χ1n) is 3.83. The Kier molecular flexibility index (Phi) is 2.55. The van der Waals surface area contributed by atoms with Gasteiger partial charge >= 0.3 is 11.9 Å². The molecule has 0 aromatic carbocycles. The molecule has 0 radical (unpaired) electrons. The van der Waals surface area contributed by atoms with Crippen LogP contribution in [0, 0.1) is 0 Å². The van der Waals surface area contributed by atoms with Gasteiger partial charge in [-0.3, -0.25) is 0 Å². The van der Waals surface area contributed by atoms with Gasteiger partial charge in [0.25, 0.3) is 0 Å². The lowest BCUT2D eigenvalue weighted by Gasteiger charge is -2.05. The number of likely N-dealkylation sites (N-methyl/N-ethyl adjacent to an activating group) is 1. The van der Waals surface area contributed by atoms with Crippen molar-refractivity contribution in [3.63, 3.8) is 0 Å². The van der Waals surface area contributed by atoms with Gasteiger partial charge in [-0.15, -0.1) is 0 Å². The standard InChI is InChI=1S/C8H11NO4/c1-4-5(7(10)12-3)6(9-2)8(11)13-4/h4,9H,1-3H3. The second-order valence-electron chi connectivity index (χ2n) is 2.58. The summed E-state index contributed by atoms with van der Waals surface area (Å²) in [5.74, 6) is -1.06. The van der Waals surface area contributed by atoms with Crippen molar-refractivity contribution in [3.05, 3.63) is 11.3 Å². The Hall–Kier alpha value is -1.52. The van der Waals surface area contributed by atoms with Crippen LogP contribution in [0.15, 0.2) is 11.3 Å². The van der Waals surface area contributed by atoms with E-state index >= 15 is 0 Å². The summed E-state index contributed by atoms with van der Waals surface area (Å²) in [5.41, 5.74) is 0.425. The summed E-state index contributed by atoms with van der Waals surface area (Å²) in [7, 11) is 2.82. The quantitative estimate of drug-likeness (QED) is 0.592. The van der Waals surface area contributed by atoms with Gasteiger partial charge in [0.2, 0.25) is 0 Å². The molecule has 5 nitrogen and oxygen atoms in total. The zero-order valence-electron chi connectivity index (χ0n) is 7.71. The maximum absolute atomic E-state index is 11.2. The van der Waals surface area contributed by atoms with E-state index in [1.165, 1.54) is 7.11 Å². The molecule has 0 bridgehead atoms. The molecular weight excluding hydrogens is 174 g/mol. The van der Waals surface area contributed by atoms with E-state index < -0.39 is 18.0 Å². The number of ether oxygens (including phenoxy) is 2. The summed E-state index contributed by atoms with van der Waals surface area (Å²) in [6, 6.07) is 0. The van der Waals surface area contributed by atoms with Crippen LogP contribution in [-0.4, -0.2) is 32.2 Å². The van der Waals surface area contributed by atoms with Crippen molar-refractivity contribution in [2.75, 3.05) is 14.2 Å². The average Bonchev–Trinajstić information content (AvgIpc) is 2.39. The van der Waals surface area contributed by atoms with Crippen LogP contribution in [0.5, 0.6) is 0 Å². The normalized spacial score (nSPS) is 21.5. The van der Waals surface area contributed by atoms with Crippen LogP contribution < -0.4 is 5.32 Å². The lowest BCUT2D eigenvalue weighted by Crippen LogP contribution is -2.18. The lowest BCUT2D eigenvalue weighted by molar-refractivity contribution is -0.140. The summed E-state index contributed by atoms with van der Waals surface area (Å²) < 4.78 is 9.34. The number of esters is 2. The maximum Gasteiger partial charge on any atom is 0.355 e. The van der Waals surface area contributed by atoms with Crippen LogP contribution in [0.1, 0.15) is 6.92 Å². The van der Waals surface area contributed by atoms with Gasteiger partial charge in [0.05, 0.1) is 7.11 Å². The van der Waals surface area contributed by atoms with Gasteiger partial charge in [0.1, 0.15) is 17.4 Å². The van der Waals surface area contributed by atoms with Gasteiger partial charge in [-0.2, -0.15) is 0 Å². The minimum atomic E-state index is -0.539. The van der Waals surface area contributed by atoms with E-state index in [9.17, 15) is 9.59 Å². The first kappa shape index (κ1) is 9.57. The van der Waals surface area contributed by atoms with E-state index in [2.05, 4.69) is 10.1 Å². The van der Waals surface area contributed by atoms with Crippen molar-refractivity contribution in [2.24, 2.45) is 0 Å². The third-order valence-electron chi connectivity index (χ3n) is 1.82. The third kappa shape index (κ3) is 1.49. The molecule has 1 aliphatic rings. The molecule has 72 valence electrons. The molecule has 0 fully saturated rings. The molecular formula is C8H11NO4. The third-order valence-corrected chi connectivity index (χ3v) is 1.82. The van der Waals surface area contributed by atoms with Crippen LogP contribution >= 0.6 is 0 Å². The molecule has 5 heteroatoms. The highest BCUT2D eigenvalue weighted by atomic mass is 16.6. The topological polar surface area (TPSA) is 64.6 Å². The number of hydrogen-bond acceptors (Lipinski definition) is 5. The second kappa shape index (κ2) is 3.47. The molecule has 1 N–H and O–H groups in total. The first-order valence-corrected chi connectivity index (χ1v) is 3.83. The predicted molar refractivity (Wildman–Crippen MR) is 43.7 cm³/mol. The Balaban J connectivity index is 3.06. The molecule has 0 saturated carbocycles. The molecule has 1 unspecified atom stereocenters. The Morgan fingerprint density at radius 1 is 1.62 bits per heavy atom. The van der Waals surface area contributed by atoms with Gasteiger partial charge in [-0.1, -0.05) is 0 Å². The Labute approximate surface area is 75.7 Å². The number of nitrogens with one attached hydrogen (secondary N) is 1. The highest BCUT2D eigenvalue weighted by Crippen LogP contribution is 2.21. The molecule has 13 heavy (non-hydrogen) atoms. The molecule has 0 saturated heterocycles. The molecule has 0 aromatic heterocycles. The maximum atomic E-state index is 11.2. The zero-order chi connectivity index (χ0) is 10.0. The number of carbonyl (C=O) groups excluding carboxylic acids is 2. The van der Waals surface area contributed by atoms with Crippen molar-refractivity contribution < 1.29 is 19.1 Å². The Morgan fingerprint density at radius 2 is 2.23 bits per heavy atom. The number of carbonyl (C=O) groups is 2. The first-order chi connectivity index (χ1) is 6.11. The van der Waals surface area contributed by atoms with Crippen LogP contribution in [0.4, 0.5) is 0 Å². The van der Waals surface area contributed by atoms with Crippen molar-refractivity contribution >= 4 is 11.9 Å². The van der Waals surface area contributed by atoms with Crippen molar-refractivity contribution in [1.29, 1.82) is 0 Å². The summed E-state index contributed by atoms with van der Waals surface area (Å²) in [6.45, 7) is 1.62.